The van der Waals surface area contributed by atoms with E-state index in [1.54, 1.807) is 12.4 Å². The van der Waals surface area contributed by atoms with E-state index in [-0.39, 0.29) is 5.41 Å². The number of carbonyl (C=O) groups is 1. The number of rotatable bonds is 3. The molecule has 3 rings (SSSR count). The molecule has 1 aromatic heterocycles. The molecule has 0 N–H and O–H groups in total. The van der Waals surface area contributed by atoms with Gasteiger partial charge in [0, 0.05) is 44.1 Å². The predicted octanol–water partition coefficient (Wildman–Crippen LogP) is 2.85. The van der Waals surface area contributed by atoms with Gasteiger partial charge in [-0.05, 0) is 38.1 Å². The third kappa shape index (κ3) is 4.44. The van der Waals surface area contributed by atoms with Crippen molar-refractivity contribution < 1.29 is 22.7 Å². The molecule has 1 aromatic rings. The van der Waals surface area contributed by atoms with Crippen molar-refractivity contribution in [3.63, 3.8) is 0 Å². The van der Waals surface area contributed by atoms with Gasteiger partial charge in [0.1, 0.15) is 6.33 Å². The van der Waals surface area contributed by atoms with E-state index in [1.165, 1.54) is 11.2 Å². The molecule has 1 spiro atoms. The average Bonchev–Trinajstić information content (AvgIpc) is 2.97. The number of likely N-dealkylation sites (tertiary alicyclic amines) is 2. The molecule has 0 aromatic carbocycles. The molecular formula is C17H23F3N4O2. The molecule has 0 saturated carbocycles. The Balaban J connectivity index is 1.48. The molecule has 2 aliphatic heterocycles. The van der Waals surface area contributed by atoms with Crippen LogP contribution >= 0.6 is 0 Å². The van der Waals surface area contributed by atoms with E-state index in [0.717, 1.165) is 51.4 Å². The smallest absolute Gasteiger partial charge is 0.425 e. The molecule has 3 heterocycles. The highest BCUT2D eigenvalue weighted by Gasteiger charge is 2.43. The standard InChI is InChI=1S/C17H23F3N4O2/c1-13(17(18,19)20)26-15(25)24-6-3-16(4-7-24)2-5-23(11-16)10-14-8-21-12-22-9-14/h8-9,12-13H,2-7,10-11H2,1H3. The van der Waals surface area contributed by atoms with Crippen LogP contribution in [0.2, 0.25) is 0 Å². The Hall–Kier alpha value is -1.90. The lowest BCUT2D eigenvalue weighted by Crippen LogP contribution is -2.46. The van der Waals surface area contributed by atoms with Gasteiger partial charge in [0.05, 0.1) is 0 Å². The van der Waals surface area contributed by atoms with Gasteiger partial charge in [-0.2, -0.15) is 13.2 Å². The van der Waals surface area contributed by atoms with Gasteiger partial charge in [0.2, 0.25) is 0 Å². The second-order valence-corrected chi connectivity index (χ2v) is 7.26. The number of aromatic nitrogens is 2. The number of amides is 1. The molecule has 2 saturated heterocycles. The number of halogens is 3. The van der Waals surface area contributed by atoms with E-state index in [4.69, 9.17) is 0 Å². The fourth-order valence-corrected chi connectivity index (χ4v) is 3.70. The maximum atomic E-state index is 12.5. The fourth-order valence-electron chi connectivity index (χ4n) is 3.70. The van der Waals surface area contributed by atoms with Crippen molar-refractivity contribution in [3.8, 4) is 0 Å². The number of alkyl halides is 3. The van der Waals surface area contributed by atoms with Gasteiger partial charge in [0.25, 0.3) is 0 Å². The van der Waals surface area contributed by atoms with Crippen LogP contribution < -0.4 is 0 Å². The molecule has 1 amide bonds. The Morgan fingerprint density at radius 2 is 1.85 bits per heavy atom. The monoisotopic (exact) mass is 372 g/mol. The minimum absolute atomic E-state index is 0.127. The van der Waals surface area contributed by atoms with E-state index in [1.807, 2.05) is 0 Å². The summed E-state index contributed by atoms with van der Waals surface area (Å²) in [7, 11) is 0. The third-order valence-electron chi connectivity index (χ3n) is 5.36. The van der Waals surface area contributed by atoms with Gasteiger partial charge < -0.3 is 9.64 Å². The van der Waals surface area contributed by atoms with E-state index in [9.17, 15) is 18.0 Å². The minimum Gasteiger partial charge on any atom is -0.437 e. The quantitative estimate of drug-likeness (QED) is 0.817. The van der Waals surface area contributed by atoms with Crippen LogP contribution in [-0.4, -0.2) is 64.3 Å². The molecule has 6 nitrogen and oxygen atoms in total. The largest absolute Gasteiger partial charge is 0.437 e. The molecule has 9 heteroatoms. The first kappa shape index (κ1) is 18.9. The lowest BCUT2D eigenvalue weighted by atomic mass is 9.78. The number of piperidine rings is 1. The maximum absolute atomic E-state index is 12.5. The Labute approximate surface area is 150 Å². The number of hydrogen-bond acceptors (Lipinski definition) is 5. The predicted molar refractivity (Wildman–Crippen MR) is 87.2 cm³/mol. The summed E-state index contributed by atoms with van der Waals surface area (Å²) in [6.07, 6.45) is 0.221. The second kappa shape index (κ2) is 7.38. The molecule has 0 radical (unpaired) electrons. The van der Waals surface area contributed by atoms with Crippen molar-refractivity contribution in [1.82, 2.24) is 19.8 Å². The van der Waals surface area contributed by atoms with Gasteiger partial charge >= 0.3 is 12.3 Å². The van der Waals surface area contributed by atoms with E-state index in [2.05, 4.69) is 19.6 Å². The SMILES string of the molecule is CC(OC(=O)N1CCC2(CCN(Cc3cncnc3)C2)CC1)C(F)(F)F. The lowest BCUT2D eigenvalue weighted by molar-refractivity contribution is -0.200. The van der Waals surface area contributed by atoms with Crippen LogP contribution in [0.3, 0.4) is 0 Å². The normalized spacial score (nSPS) is 21.8. The van der Waals surface area contributed by atoms with Crippen LogP contribution in [0, 0.1) is 5.41 Å². The summed E-state index contributed by atoms with van der Waals surface area (Å²) in [4.78, 5) is 23.7. The van der Waals surface area contributed by atoms with Gasteiger partial charge in [-0.15, -0.1) is 0 Å². The summed E-state index contributed by atoms with van der Waals surface area (Å²) >= 11 is 0. The minimum atomic E-state index is -4.53. The highest BCUT2D eigenvalue weighted by Crippen LogP contribution is 2.41. The summed E-state index contributed by atoms with van der Waals surface area (Å²) < 4.78 is 42.1. The number of carbonyl (C=O) groups excluding carboxylic acids is 1. The topological polar surface area (TPSA) is 58.6 Å². The zero-order chi connectivity index (χ0) is 18.8. The Morgan fingerprint density at radius 1 is 1.23 bits per heavy atom. The van der Waals surface area contributed by atoms with Gasteiger partial charge in [-0.25, -0.2) is 14.8 Å². The van der Waals surface area contributed by atoms with E-state index < -0.39 is 18.4 Å². The third-order valence-corrected chi connectivity index (χ3v) is 5.36. The van der Waals surface area contributed by atoms with Crippen LogP contribution in [0.5, 0.6) is 0 Å². The van der Waals surface area contributed by atoms with Gasteiger partial charge in [0.15, 0.2) is 6.10 Å². The van der Waals surface area contributed by atoms with Crippen molar-refractivity contribution in [2.75, 3.05) is 26.2 Å². The van der Waals surface area contributed by atoms with Crippen molar-refractivity contribution in [2.24, 2.45) is 5.41 Å². The molecular weight excluding hydrogens is 349 g/mol. The Morgan fingerprint density at radius 3 is 2.46 bits per heavy atom. The lowest BCUT2D eigenvalue weighted by Gasteiger charge is -2.39. The molecule has 2 aliphatic rings. The average molecular weight is 372 g/mol. The van der Waals surface area contributed by atoms with Gasteiger partial charge in [-0.1, -0.05) is 0 Å². The summed E-state index contributed by atoms with van der Waals surface area (Å²) in [5.41, 5.74) is 1.19. The van der Waals surface area contributed by atoms with Crippen molar-refractivity contribution in [2.45, 2.75) is 45.0 Å². The number of nitrogens with zero attached hydrogens (tertiary/aromatic N) is 4. The van der Waals surface area contributed by atoms with Crippen LogP contribution in [0.25, 0.3) is 0 Å². The molecule has 144 valence electrons. The molecule has 0 bridgehead atoms. The van der Waals surface area contributed by atoms with Crippen LogP contribution in [0.15, 0.2) is 18.7 Å². The van der Waals surface area contributed by atoms with Gasteiger partial charge in [-0.3, -0.25) is 4.90 Å². The highest BCUT2D eigenvalue weighted by atomic mass is 19.4. The summed E-state index contributed by atoms with van der Waals surface area (Å²) in [6.45, 7) is 4.40. The van der Waals surface area contributed by atoms with Crippen molar-refractivity contribution in [3.05, 3.63) is 24.3 Å². The van der Waals surface area contributed by atoms with E-state index >= 15 is 0 Å². The number of hydrogen-bond donors (Lipinski definition) is 0. The highest BCUT2D eigenvalue weighted by molar-refractivity contribution is 5.68. The molecule has 0 aliphatic carbocycles. The first-order chi connectivity index (χ1) is 12.3. The number of ether oxygens (including phenoxy) is 1. The second-order valence-electron chi connectivity index (χ2n) is 7.26. The Bertz CT molecular complexity index is 618. The summed E-state index contributed by atoms with van der Waals surface area (Å²) in [6, 6.07) is 0. The Kier molecular flexibility index (Phi) is 5.36. The van der Waals surface area contributed by atoms with Crippen LogP contribution in [0.4, 0.5) is 18.0 Å². The zero-order valence-corrected chi connectivity index (χ0v) is 14.7. The molecule has 2 fully saturated rings. The molecule has 26 heavy (non-hydrogen) atoms. The zero-order valence-electron chi connectivity index (χ0n) is 14.7. The summed E-state index contributed by atoms with van der Waals surface area (Å²) in [5, 5.41) is 0. The van der Waals surface area contributed by atoms with Crippen LogP contribution in [-0.2, 0) is 11.3 Å². The summed E-state index contributed by atoms with van der Waals surface area (Å²) in [5.74, 6) is 0. The van der Waals surface area contributed by atoms with Crippen molar-refractivity contribution >= 4 is 6.09 Å². The van der Waals surface area contributed by atoms with Crippen molar-refractivity contribution in [1.29, 1.82) is 0 Å². The molecule has 1 atom stereocenters. The maximum Gasteiger partial charge on any atom is 0.425 e. The first-order valence-corrected chi connectivity index (χ1v) is 8.76. The van der Waals surface area contributed by atoms with Crippen LogP contribution in [0.1, 0.15) is 31.7 Å². The van der Waals surface area contributed by atoms with E-state index in [0.29, 0.717) is 13.1 Å². The molecule has 1 unspecified atom stereocenters. The first-order valence-electron chi connectivity index (χ1n) is 8.76. The fraction of sp³-hybridized carbons (Fsp3) is 0.706.